The molecule has 0 aromatic heterocycles. The Labute approximate surface area is 297 Å². The van der Waals surface area contributed by atoms with E-state index in [0.29, 0.717) is 24.1 Å². The Morgan fingerprint density at radius 1 is 0.863 bits per heavy atom. The molecule has 2 N–H and O–H groups in total. The molecule has 256 valence electrons. The van der Waals surface area contributed by atoms with Gasteiger partial charge < -0.3 is 20.2 Å². The lowest BCUT2D eigenvalue weighted by Gasteiger charge is -2.49. The van der Waals surface area contributed by atoms with E-state index < -0.39 is 30.0 Å². The van der Waals surface area contributed by atoms with Crippen LogP contribution in [0.1, 0.15) is 46.3 Å². The molecule has 2 heterocycles. The van der Waals surface area contributed by atoms with Gasteiger partial charge in [-0.25, -0.2) is 4.79 Å². The number of allylic oxidation sites excluding steroid dienone is 1. The second-order valence-electron chi connectivity index (χ2n) is 13.3. The molecule has 2 aliphatic heterocycles. The molecule has 1 aliphatic carbocycles. The van der Waals surface area contributed by atoms with Crippen LogP contribution in [0.25, 0.3) is 11.1 Å². The smallest absolute Gasteiger partial charge is 0.335 e. The fraction of sp³-hybridized carbons (Fsp3) is 0.209. The molecular weight excluding hydrogens is 638 g/mol. The number of hydrogen-bond acceptors (Lipinski definition) is 4. The molecule has 8 heteroatoms. The molecule has 3 aliphatic rings. The van der Waals surface area contributed by atoms with Crippen LogP contribution in [0.5, 0.6) is 0 Å². The molecule has 1 fully saturated rings. The Bertz CT molecular complexity index is 2120. The van der Waals surface area contributed by atoms with Crippen LogP contribution in [0, 0.1) is 0 Å². The number of benzene rings is 4. The summed E-state index contributed by atoms with van der Waals surface area (Å²) >= 11 is 0. The minimum atomic E-state index is -1.13. The molecule has 0 spiro atoms. The first-order valence-electron chi connectivity index (χ1n) is 17.2. The normalized spacial score (nSPS) is 18.5. The predicted octanol–water partition coefficient (Wildman–Crippen LogP) is 5.97. The molecule has 3 amide bonds. The van der Waals surface area contributed by atoms with Crippen LogP contribution < -0.4 is 5.32 Å². The molecule has 0 radical (unpaired) electrons. The number of carbonyl (C=O) groups excluding carboxylic acids is 3. The second kappa shape index (κ2) is 14.1. The van der Waals surface area contributed by atoms with Crippen molar-refractivity contribution in [3.8, 4) is 11.1 Å². The van der Waals surface area contributed by atoms with Crippen molar-refractivity contribution in [2.45, 2.75) is 50.9 Å². The highest BCUT2D eigenvalue weighted by molar-refractivity contribution is 6.01. The van der Waals surface area contributed by atoms with Crippen LogP contribution in [0.3, 0.4) is 0 Å². The van der Waals surface area contributed by atoms with Crippen molar-refractivity contribution in [2.75, 3.05) is 6.54 Å². The van der Waals surface area contributed by atoms with Crippen molar-refractivity contribution >= 4 is 23.7 Å². The topological polar surface area (TPSA) is 107 Å². The number of carboxylic acids is 1. The van der Waals surface area contributed by atoms with E-state index in [9.17, 15) is 24.3 Å². The Morgan fingerprint density at radius 2 is 1.55 bits per heavy atom. The van der Waals surface area contributed by atoms with Gasteiger partial charge in [0.25, 0.3) is 0 Å². The summed E-state index contributed by atoms with van der Waals surface area (Å²) in [5, 5.41) is 12.4. The van der Waals surface area contributed by atoms with Crippen LogP contribution in [-0.4, -0.2) is 57.2 Å². The first-order valence-corrected chi connectivity index (χ1v) is 17.2. The summed E-state index contributed by atoms with van der Waals surface area (Å²) in [5.74, 6) is -1.99. The first-order chi connectivity index (χ1) is 24.7. The Kier molecular flexibility index (Phi) is 9.24. The SMILES string of the molecule is C=C(/C=C\C(=C/C)C(=O)O)CNC(=O)C(c1ccc2c(c1)-c1ccccc1C2)N1C(=O)[C@@H]2Cc3ccccc3CN2C(=O)[C@@H]1Cc1ccccc1. The number of aliphatic carboxylic acids is 1. The summed E-state index contributed by atoms with van der Waals surface area (Å²) in [4.78, 5) is 58.9. The third kappa shape index (κ3) is 6.53. The van der Waals surface area contributed by atoms with Gasteiger partial charge in [0.15, 0.2) is 0 Å². The fourth-order valence-electron chi connectivity index (χ4n) is 7.55. The highest BCUT2D eigenvalue weighted by Crippen LogP contribution is 2.41. The molecule has 4 aromatic carbocycles. The fourth-order valence-corrected chi connectivity index (χ4v) is 7.55. The number of carbonyl (C=O) groups is 4. The van der Waals surface area contributed by atoms with Crippen LogP contribution in [-0.2, 0) is 45.0 Å². The number of carboxylic acid groups (broad SMARTS) is 1. The summed E-state index contributed by atoms with van der Waals surface area (Å²) in [6.07, 6.45) is 5.84. The van der Waals surface area contributed by atoms with Gasteiger partial charge in [0.2, 0.25) is 17.7 Å². The van der Waals surface area contributed by atoms with E-state index in [-0.39, 0.29) is 30.4 Å². The Hall–Kier alpha value is -6.02. The number of amides is 3. The molecule has 7 rings (SSSR count). The lowest BCUT2D eigenvalue weighted by molar-refractivity contribution is -0.168. The maximum absolute atomic E-state index is 14.9. The Balaban J connectivity index is 1.30. The van der Waals surface area contributed by atoms with Crippen molar-refractivity contribution in [1.82, 2.24) is 15.1 Å². The minimum Gasteiger partial charge on any atom is -0.478 e. The van der Waals surface area contributed by atoms with E-state index in [1.165, 1.54) is 22.6 Å². The van der Waals surface area contributed by atoms with Crippen molar-refractivity contribution in [3.05, 3.63) is 166 Å². The average molecular weight is 678 g/mol. The highest BCUT2D eigenvalue weighted by Gasteiger charge is 2.51. The van der Waals surface area contributed by atoms with Crippen LogP contribution in [0.2, 0.25) is 0 Å². The van der Waals surface area contributed by atoms with E-state index >= 15 is 0 Å². The number of nitrogens with zero attached hydrogens (tertiary/aromatic N) is 2. The Morgan fingerprint density at radius 3 is 2.29 bits per heavy atom. The van der Waals surface area contributed by atoms with Crippen molar-refractivity contribution < 1.29 is 24.3 Å². The largest absolute Gasteiger partial charge is 0.478 e. The third-order valence-electron chi connectivity index (χ3n) is 10.2. The van der Waals surface area contributed by atoms with Gasteiger partial charge in [-0.1, -0.05) is 110 Å². The molecular formula is C43H39N3O5. The molecule has 8 nitrogen and oxygen atoms in total. The standard InChI is InChI=1S/C43H39N3O5/c1-3-29(43(50)51)18-17-27(2)25-44-40(47)39(33-20-19-32-22-31-14-9-10-16-35(31)36(32)23-33)46-38(21-28-11-5-4-6-12-28)41(48)45-26-34-15-8-7-13-30(34)24-37(45)42(46)49/h3-20,23,37-39H,2,21-22,24-26H2,1H3,(H,44,47)(H,50,51)/b18-17-,29-3+/t37-,38-,39?/m0/s1. The van der Waals surface area contributed by atoms with Gasteiger partial charge in [-0.2, -0.15) is 0 Å². The molecule has 0 saturated carbocycles. The summed E-state index contributed by atoms with van der Waals surface area (Å²) in [6, 6.07) is 28.7. The molecule has 0 bridgehead atoms. The van der Waals surface area contributed by atoms with Crippen molar-refractivity contribution in [3.63, 3.8) is 0 Å². The molecule has 1 saturated heterocycles. The van der Waals surface area contributed by atoms with Gasteiger partial charge in [0.1, 0.15) is 18.1 Å². The summed E-state index contributed by atoms with van der Waals surface area (Å²) < 4.78 is 0. The molecule has 1 unspecified atom stereocenters. The van der Waals surface area contributed by atoms with E-state index in [0.717, 1.165) is 39.8 Å². The van der Waals surface area contributed by atoms with Gasteiger partial charge in [-0.15, -0.1) is 0 Å². The van der Waals surface area contributed by atoms with E-state index in [2.05, 4.69) is 24.0 Å². The van der Waals surface area contributed by atoms with Crippen molar-refractivity contribution in [2.24, 2.45) is 0 Å². The lowest BCUT2D eigenvalue weighted by atomic mass is 9.86. The average Bonchev–Trinajstić information content (AvgIpc) is 3.52. The number of fused-ring (bicyclic) bond motifs is 5. The summed E-state index contributed by atoms with van der Waals surface area (Å²) in [6.45, 7) is 5.99. The van der Waals surface area contributed by atoms with Crippen molar-refractivity contribution in [1.29, 1.82) is 0 Å². The monoisotopic (exact) mass is 677 g/mol. The zero-order valence-corrected chi connectivity index (χ0v) is 28.4. The van der Waals surface area contributed by atoms with Crippen LogP contribution >= 0.6 is 0 Å². The predicted molar refractivity (Wildman–Crippen MR) is 195 cm³/mol. The summed E-state index contributed by atoms with van der Waals surface area (Å²) in [5.41, 5.74) is 8.50. The number of piperazine rings is 1. The van der Waals surface area contributed by atoms with Gasteiger partial charge in [0, 0.05) is 25.9 Å². The van der Waals surface area contributed by atoms with Crippen LogP contribution in [0.4, 0.5) is 0 Å². The molecule has 4 aromatic rings. The quantitative estimate of drug-likeness (QED) is 0.140. The maximum atomic E-state index is 14.9. The van der Waals surface area contributed by atoms with Crippen LogP contribution in [0.15, 0.2) is 133 Å². The van der Waals surface area contributed by atoms with Gasteiger partial charge >= 0.3 is 5.97 Å². The van der Waals surface area contributed by atoms with Gasteiger partial charge in [-0.3, -0.25) is 14.4 Å². The minimum absolute atomic E-state index is 0.0124. The third-order valence-corrected chi connectivity index (χ3v) is 10.2. The number of rotatable bonds is 10. The molecule has 3 atom stereocenters. The second-order valence-corrected chi connectivity index (χ2v) is 13.3. The highest BCUT2D eigenvalue weighted by atomic mass is 16.4. The first kappa shape index (κ1) is 33.5. The zero-order valence-electron chi connectivity index (χ0n) is 28.4. The van der Waals surface area contributed by atoms with E-state index in [1.54, 1.807) is 17.9 Å². The number of nitrogens with one attached hydrogen (secondary N) is 1. The van der Waals surface area contributed by atoms with E-state index in [4.69, 9.17) is 0 Å². The maximum Gasteiger partial charge on any atom is 0.335 e. The molecule has 51 heavy (non-hydrogen) atoms. The zero-order chi connectivity index (χ0) is 35.6. The number of hydrogen-bond donors (Lipinski definition) is 2. The summed E-state index contributed by atoms with van der Waals surface area (Å²) in [7, 11) is 0. The van der Waals surface area contributed by atoms with Gasteiger partial charge in [0.05, 0.1) is 5.57 Å². The van der Waals surface area contributed by atoms with E-state index in [1.807, 2.05) is 84.9 Å². The lowest BCUT2D eigenvalue weighted by Crippen LogP contribution is -2.68. The van der Waals surface area contributed by atoms with Gasteiger partial charge in [-0.05, 0) is 75.6 Å².